The second kappa shape index (κ2) is 8.19. The number of anilines is 1. The lowest BCUT2D eigenvalue weighted by molar-refractivity contribution is -0.141. The van der Waals surface area contributed by atoms with E-state index in [-0.39, 0.29) is 22.0 Å². The van der Waals surface area contributed by atoms with Gasteiger partial charge in [0.2, 0.25) is 10.0 Å². The average Bonchev–Trinajstić information content (AvgIpc) is 3.20. The van der Waals surface area contributed by atoms with Crippen molar-refractivity contribution in [2.45, 2.75) is 11.1 Å². The maximum absolute atomic E-state index is 13.4. The number of rotatable bonds is 4. The van der Waals surface area contributed by atoms with E-state index in [4.69, 9.17) is 9.88 Å². The molecule has 0 amide bonds. The molecule has 0 aliphatic carbocycles. The molecule has 7 nitrogen and oxygen atoms in total. The summed E-state index contributed by atoms with van der Waals surface area (Å²) in [6.07, 6.45) is -4.71. The fourth-order valence-corrected chi connectivity index (χ4v) is 4.21. The van der Waals surface area contributed by atoms with E-state index in [0.717, 1.165) is 22.9 Å². The zero-order valence-electron chi connectivity index (χ0n) is 16.5. The minimum absolute atomic E-state index is 0.0635. The molecule has 0 unspecified atom stereocenters. The molecule has 0 bridgehead atoms. The molecule has 1 fully saturated rings. The summed E-state index contributed by atoms with van der Waals surface area (Å²) in [4.78, 5) is 1.58. The molecule has 2 heterocycles. The number of hydrogen-bond donors (Lipinski definition) is 1. The van der Waals surface area contributed by atoms with Gasteiger partial charge in [0.25, 0.3) is 0 Å². The molecular weight excluding hydrogens is 452 g/mol. The normalized spacial score (nSPS) is 15.2. The van der Waals surface area contributed by atoms with E-state index in [1.54, 1.807) is 4.90 Å². The number of benzene rings is 2. The van der Waals surface area contributed by atoms with Crippen molar-refractivity contribution in [3.8, 4) is 16.9 Å². The van der Waals surface area contributed by atoms with Crippen LogP contribution in [0.4, 0.5) is 23.2 Å². The van der Waals surface area contributed by atoms with Crippen molar-refractivity contribution in [3.63, 3.8) is 0 Å². The van der Waals surface area contributed by atoms with Crippen molar-refractivity contribution in [3.05, 3.63) is 60.0 Å². The predicted molar refractivity (Wildman–Crippen MR) is 108 cm³/mol. The zero-order valence-corrected chi connectivity index (χ0v) is 17.3. The molecule has 0 saturated carbocycles. The van der Waals surface area contributed by atoms with Gasteiger partial charge in [-0.25, -0.2) is 22.6 Å². The summed E-state index contributed by atoms with van der Waals surface area (Å²) in [6.45, 7) is 1.47. The first-order valence-corrected chi connectivity index (χ1v) is 11.0. The molecule has 1 saturated heterocycles. The highest BCUT2D eigenvalue weighted by atomic mass is 32.2. The Morgan fingerprint density at radius 1 is 1.00 bits per heavy atom. The monoisotopic (exact) mass is 470 g/mol. The van der Waals surface area contributed by atoms with Gasteiger partial charge in [0.05, 0.1) is 30.3 Å². The third-order valence-corrected chi connectivity index (χ3v) is 5.94. The van der Waals surface area contributed by atoms with Crippen LogP contribution in [0.3, 0.4) is 0 Å². The largest absolute Gasteiger partial charge is 0.435 e. The molecule has 12 heteroatoms. The number of morpholine rings is 1. The Kier molecular flexibility index (Phi) is 5.69. The smallest absolute Gasteiger partial charge is 0.378 e. The van der Waals surface area contributed by atoms with Crippen LogP contribution in [0, 0.1) is 5.82 Å². The van der Waals surface area contributed by atoms with Crippen LogP contribution in [0.1, 0.15) is 5.69 Å². The Morgan fingerprint density at radius 3 is 2.25 bits per heavy atom. The van der Waals surface area contributed by atoms with Crippen LogP contribution in [0.2, 0.25) is 0 Å². The number of hydrogen-bond acceptors (Lipinski definition) is 5. The molecule has 170 valence electrons. The molecule has 0 radical (unpaired) electrons. The van der Waals surface area contributed by atoms with Crippen LogP contribution >= 0.6 is 0 Å². The van der Waals surface area contributed by atoms with Crippen molar-refractivity contribution in [1.29, 1.82) is 0 Å². The first kappa shape index (κ1) is 22.2. The lowest BCUT2D eigenvalue weighted by atomic mass is 10.1. The number of nitrogens with zero attached hydrogens (tertiary/aromatic N) is 3. The van der Waals surface area contributed by atoms with E-state index in [1.807, 2.05) is 0 Å². The summed E-state index contributed by atoms with van der Waals surface area (Å²) in [5.41, 5.74) is -0.345. The maximum atomic E-state index is 13.4. The van der Waals surface area contributed by atoms with Crippen LogP contribution in [0.15, 0.2) is 53.4 Å². The molecule has 2 N–H and O–H groups in total. The van der Waals surface area contributed by atoms with Gasteiger partial charge in [-0.3, -0.25) is 0 Å². The number of aromatic nitrogens is 2. The molecule has 3 aromatic rings. The molecular formula is C20H18F4N4O3S. The number of nitrogens with two attached hydrogens (primary N) is 1. The summed E-state index contributed by atoms with van der Waals surface area (Å²) in [7, 11) is -4.10. The van der Waals surface area contributed by atoms with Gasteiger partial charge in [-0.2, -0.15) is 18.3 Å². The van der Waals surface area contributed by atoms with Crippen molar-refractivity contribution in [1.82, 2.24) is 9.78 Å². The minimum atomic E-state index is -4.71. The molecule has 4 rings (SSSR count). The highest BCUT2D eigenvalue weighted by Crippen LogP contribution is 2.35. The summed E-state index contributed by atoms with van der Waals surface area (Å²) in [5.74, 6) is -0.539. The Balaban J connectivity index is 1.90. The van der Waals surface area contributed by atoms with Crippen LogP contribution in [-0.4, -0.2) is 44.5 Å². The van der Waals surface area contributed by atoms with E-state index in [0.29, 0.717) is 31.9 Å². The standard InChI is InChI=1S/C20H18F4N4O3S/c21-14-3-1-13(2-4-14)16-12-19(20(22,23)24)26-28(16)15-5-6-18(32(25,29)30)17(11-15)27-7-9-31-10-8-27/h1-6,11-12H,7-10H2,(H2,25,29,30). The van der Waals surface area contributed by atoms with Gasteiger partial charge in [0, 0.05) is 18.7 Å². The third kappa shape index (κ3) is 4.47. The Morgan fingerprint density at radius 2 is 1.66 bits per heavy atom. The fourth-order valence-electron chi connectivity index (χ4n) is 3.47. The highest BCUT2D eigenvalue weighted by molar-refractivity contribution is 7.89. The van der Waals surface area contributed by atoms with E-state index in [9.17, 15) is 26.0 Å². The van der Waals surface area contributed by atoms with Gasteiger partial charge in [-0.15, -0.1) is 0 Å². The number of ether oxygens (including phenoxy) is 1. The Labute approximate surface area is 181 Å². The Bertz CT molecular complexity index is 1230. The van der Waals surface area contributed by atoms with Gasteiger partial charge in [-0.05, 0) is 48.5 Å². The summed E-state index contributed by atoms with van der Waals surface area (Å²) in [5, 5.41) is 9.06. The lowest BCUT2D eigenvalue weighted by Gasteiger charge is -2.30. The molecule has 2 aromatic carbocycles. The van der Waals surface area contributed by atoms with Crippen LogP contribution < -0.4 is 10.0 Å². The molecule has 1 aromatic heterocycles. The first-order chi connectivity index (χ1) is 15.0. The third-order valence-electron chi connectivity index (χ3n) is 4.99. The van der Waals surface area contributed by atoms with Crippen LogP contribution in [0.25, 0.3) is 16.9 Å². The Hall–Kier alpha value is -2.96. The number of alkyl halides is 3. The lowest BCUT2D eigenvalue weighted by Crippen LogP contribution is -2.37. The molecule has 0 spiro atoms. The highest BCUT2D eigenvalue weighted by Gasteiger charge is 2.35. The van der Waals surface area contributed by atoms with Crippen LogP contribution in [-0.2, 0) is 20.9 Å². The zero-order chi connectivity index (χ0) is 23.1. The topological polar surface area (TPSA) is 90.5 Å². The van der Waals surface area contributed by atoms with Gasteiger partial charge in [0.1, 0.15) is 10.7 Å². The van der Waals surface area contributed by atoms with Crippen molar-refractivity contribution in [2.24, 2.45) is 5.14 Å². The van der Waals surface area contributed by atoms with E-state index >= 15 is 0 Å². The van der Waals surface area contributed by atoms with E-state index < -0.39 is 27.7 Å². The van der Waals surface area contributed by atoms with Gasteiger partial charge >= 0.3 is 6.18 Å². The quantitative estimate of drug-likeness (QED) is 0.592. The predicted octanol–water partition coefficient (Wildman–Crippen LogP) is 3.18. The van der Waals surface area contributed by atoms with Crippen LogP contribution in [0.5, 0.6) is 0 Å². The number of sulfonamides is 1. The van der Waals surface area contributed by atoms with Gasteiger partial charge < -0.3 is 9.64 Å². The second-order valence-electron chi connectivity index (χ2n) is 7.13. The first-order valence-electron chi connectivity index (χ1n) is 9.47. The molecule has 0 atom stereocenters. The van der Waals surface area contributed by atoms with Crippen molar-refractivity contribution >= 4 is 15.7 Å². The summed E-state index contributed by atoms with van der Waals surface area (Å²) in [6, 6.07) is 9.77. The van der Waals surface area contributed by atoms with E-state index in [2.05, 4.69) is 5.10 Å². The molecule has 32 heavy (non-hydrogen) atoms. The minimum Gasteiger partial charge on any atom is -0.378 e. The average molecular weight is 470 g/mol. The number of primary sulfonamides is 1. The molecule has 1 aliphatic rings. The van der Waals surface area contributed by atoms with Gasteiger partial charge in [0.15, 0.2) is 5.69 Å². The van der Waals surface area contributed by atoms with Gasteiger partial charge in [-0.1, -0.05) is 0 Å². The second-order valence-corrected chi connectivity index (χ2v) is 8.66. The van der Waals surface area contributed by atoms with Crippen molar-refractivity contribution < 1.29 is 30.7 Å². The molecule has 1 aliphatic heterocycles. The maximum Gasteiger partial charge on any atom is 0.435 e. The summed E-state index contributed by atoms with van der Waals surface area (Å²) >= 11 is 0. The SMILES string of the molecule is NS(=O)(=O)c1ccc(-n2nc(C(F)(F)F)cc2-c2ccc(F)cc2)cc1N1CCOCC1. The van der Waals surface area contributed by atoms with E-state index in [1.165, 1.54) is 30.3 Å². The summed E-state index contributed by atoms with van der Waals surface area (Å²) < 4.78 is 84.2. The number of halogens is 4. The fraction of sp³-hybridized carbons (Fsp3) is 0.250. The van der Waals surface area contributed by atoms with Crippen molar-refractivity contribution in [2.75, 3.05) is 31.2 Å².